The van der Waals surface area contributed by atoms with Crippen molar-refractivity contribution in [1.29, 1.82) is 0 Å². The summed E-state index contributed by atoms with van der Waals surface area (Å²) in [6.07, 6.45) is 6.09. The van der Waals surface area contributed by atoms with E-state index in [-0.39, 0.29) is 5.91 Å². The van der Waals surface area contributed by atoms with E-state index in [0.717, 1.165) is 43.1 Å². The zero-order valence-corrected chi connectivity index (χ0v) is 13.2. The van der Waals surface area contributed by atoms with Crippen LogP contribution < -0.4 is 0 Å². The van der Waals surface area contributed by atoms with Crippen LogP contribution >= 0.6 is 11.6 Å². The first kappa shape index (κ1) is 15.1. The maximum Gasteiger partial charge on any atom is 0.222 e. The van der Waals surface area contributed by atoms with Gasteiger partial charge in [-0.3, -0.25) is 9.48 Å². The summed E-state index contributed by atoms with van der Waals surface area (Å²) in [6, 6.07) is 9.84. The van der Waals surface area contributed by atoms with Crippen LogP contribution in [-0.4, -0.2) is 33.7 Å². The molecule has 3 rings (SSSR count). The molecular weight excluding hydrogens is 298 g/mol. The molecule has 5 heteroatoms. The van der Waals surface area contributed by atoms with Crippen molar-refractivity contribution >= 4 is 17.5 Å². The van der Waals surface area contributed by atoms with E-state index in [2.05, 4.69) is 11.2 Å². The number of amides is 1. The Hall–Kier alpha value is -1.81. The summed E-state index contributed by atoms with van der Waals surface area (Å²) in [6.45, 7) is 2.40. The van der Waals surface area contributed by atoms with Gasteiger partial charge in [-0.1, -0.05) is 29.8 Å². The molecule has 0 bridgehead atoms. The summed E-state index contributed by atoms with van der Waals surface area (Å²) in [4.78, 5) is 14.3. The van der Waals surface area contributed by atoms with Gasteiger partial charge in [-0.15, -0.1) is 0 Å². The predicted octanol–water partition coefficient (Wildman–Crippen LogP) is 3.33. The summed E-state index contributed by atoms with van der Waals surface area (Å²) in [7, 11) is 0. The van der Waals surface area contributed by atoms with Gasteiger partial charge >= 0.3 is 0 Å². The minimum Gasteiger partial charge on any atom is -0.342 e. The van der Waals surface area contributed by atoms with Gasteiger partial charge < -0.3 is 4.90 Å². The number of aryl methyl sites for hydroxylation is 1. The highest BCUT2D eigenvalue weighted by Crippen LogP contribution is 2.32. The molecule has 0 spiro atoms. The van der Waals surface area contributed by atoms with E-state index < -0.39 is 0 Å². The van der Waals surface area contributed by atoms with Crippen LogP contribution in [0.1, 0.15) is 30.7 Å². The molecule has 22 heavy (non-hydrogen) atoms. The zero-order valence-electron chi connectivity index (χ0n) is 12.5. The third-order valence-corrected chi connectivity index (χ3v) is 4.57. The molecule has 2 aromatic rings. The second-order valence-electron chi connectivity index (χ2n) is 5.72. The van der Waals surface area contributed by atoms with E-state index in [0.29, 0.717) is 12.3 Å². The molecule has 1 atom stereocenters. The van der Waals surface area contributed by atoms with Crippen molar-refractivity contribution in [2.75, 3.05) is 13.1 Å². The van der Waals surface area contributed by atoms with Crippen LogP contribution in [0, 0.1) is 0 Å². The predicted molar refractivity (Wildman–Crippen MR) is 86.9 cm³/mol. The number of nitrogens with zero attached hydrogens (tertiary/aromatic N) is 3. The Kier molecular flexibility index (Phi) is 4.78. The highest BCUT2D eigenvalue weighted by molar-refractivity contribution is 6.31. The van der Waals surface area contributed by atoms with Crippen LogP contribution in [0.15, 0.2) is 42.7 Å². The lowest BCUT2D eigenvalue weighted by Gasteiger charge is -2.17. The van der Waals surface area contributed by atoms with Gasteiger partial charge in [0.2, 0.25) is 5.91 Å². The molecule has 0 saturated carbocycles. The Balaban J connectivity index is 1.49. The molecule has 1 fully saturated rings. The summed E-state index contributed by atoms with van der Waals surface area (Å²) in [5.41, 5.74) is 1.16. The normalized spacial score (nSPS) is 17.9. The number of benzene rings is 1. The molecule has 0 radical (unpaired) electrons. The zero-order chi connectivity index (χ0) is 15.4. The number of likely N-dealkylation sites (tertiary alicyclic amines) is 1. The molecule has 0 N–H and O–H groups in total. The van der Waals surface area contributed by atoms with Crippen molar-refractivity contribution in [3.05, 3.63) is 53.3 Å². The fraction of sp³-hybridized carbons (Fsp3) is 0.412. The fourth-order valence-electron chi connectivity index (χ4n) is 3.03. The van der Waals surface area contributed by atoms with Crippen LogP contribution in [0.25, 0.3) is 0 Å². The van der Waals surface area contributed by atoms with Gasteiger partial charge in [0, 0.05) is 49.4 Å². The summed E-state index contributed by atoms with van der Waals surface area (Å²) in [5, 5.41) is 4.96. The van der Waals surface area contributed by atoms with Crippen molar-refractivity contribution in [2.24, 2.45) is 0 Å². The topological polar surface area (TPSA) is 38.1 Å². The third-order valence-electron chi connectivity index (χ3n) is 4.22. The van der Waals surface area contributed by atoms with Crippen LogP contribution in [0.3, 0.4) is 0 Å². The van der Waals surface area contributed by atoms with E-state index in [1.807, 2.05) is 40.0 Å². The van der Waals surface area contributed by atoms with E-state index in [1.165, 1.54) is 0 Å². The molecule has 1 unspecified atom stereocenters. The van der Waals surface area contributed by atoms with Crippen LogP contribution in [0.5, 0.6) is 0 Å². The van der Waals surface area contributed by atoms with Crippen LogP contribution in [-0.2, 0) is 11.3 Å². The lowest BCUT2D eigenvalue weighted by atomic mass is 9.98. The quantitative estimate of drug-likeness (QED) is 0.848. The summed E-state index contributed by atoms with van der Waals surface area (Å²) in [5.74, 6) is 0.602. The minimum atomic E-state index is 0.238. The lowest BCUT2D eigenvalue weighted by molar-refractivity contribution is -0.130. The Morgan fingerprint density at radius 3 is 2.95 bits per heavy atom. The first-order chi connectivity index (χ1) is 10.7. The Labute approximate surface area is 135 Å². The second kappa shape index (κ2) is 6.97. The number of hydrogen-bond acceptors (Lipinski definition) is 2. The molecule has 0 aliphatic carbocycles. The number of hydrogen-bond donors (Lipinski definition) is 0. The van der Waals surface area contributed by atoms with Crippen molar-refractivity contribution in [3.63, 3.8) is 0 Å². The molecule has 2 heterocycles. The summed E-state index contributed by atoms with van der Waals surface area (Å²) < 4.78 is 1.86. The van der Waals surface area contributed by atoms with Gasteiger partial charge in [0.15, 0.2) is 0 Å². The number of halogens is 1. The monoisotopic (exact) mass is 317 g/mol. The average molecular weight is 318 g/mol. The largest absolute Gasteiger partial charge is 0.342 e. The second-order valence-corrected chi connectivity index (χ2v) is 6.13. The van der Waals surface area contributed by atoms with E-state index >= 15 is 0 Å². The van der Waals surface area contributed by atoms with Gasteiger partial charge in [0.25, 0.3) is 0 Å². The highest BCUT2D eigenvalue weighted by atomic mass is 35.5. The van der Waals surface area contributed by atoms with E-state index in [9.17, 15) is 4.79 Å². The molecule has 1 aliphatic rings. The van der Waals surface area contributed by atoms with Crippen LogP contribution in [0.4, 0.5) is 0 Å². The minimum absolute atomic E-state index is 0.238. The van der Waals surface area contributed by atoms with Crippen molar-refractivity contribution < 1.29 is 4.79 Å². The van der Waals surface area contributed by atoms with Gasteiger partial charge in [-0.2, -0.15) is 5.10 Å². The molecule has 1 aromatic heterocycles. The molecule has 1 aromatic carbocycles. The van der Waals surface area contributed by atoms with Gasteiger partial charge in [-0.05, 0) is 30.5 Å². The number of aromatic nitrogens is 2. The van der Waals surface area contributed by atoms with E-state index in [4.69, 9.17) is 11.6 Å². The van der Waals surface area contributed by atoms with Gasteiger partial charge in [-0.25, -0.2) is 0 Å². The number of rotatable bonds is 5. The molecule has 116 valence electrons. The van der Waals surface area contributed by atoms with Crippen molar-refractivity contribution in [1.82, 2.24) is 14.7 Å². The average Bonchev–Trinajstić information content (AvgIpc) is 3.19. The lowest BCUT2D eigenvalue weighted by Crippen LogP contribution is -2.28. The first-order valence-corrected chi connectivity index (χ1v) is 8.11. The molecular formula is C17H20ClN3O. The van der Waals surface area contributed by atoms with Crippen LogP contribution in [0.2, 0.25) is 5.02 Å². The Morgan fingerprint density at radius 1 is 1.32 bits per heavy atom. The molecule has 1 saturated heterocycles. The first-order valence-electron chi connectivity index (χ1n) is 7.73. The van der Waals surface area contributed by atoms with Crippen molar-refractivity contribution in [2.45, 2.75) is 31.7 Å². The maximum atomic E-state index is 12.3. The van der Waals surface area contributed by atoms with Crippen molar-refractivity contribution in [3.8, 4) is 0 Å². The van der Waals surface area contributed by atoms with Gasteiger partial charge in [0.1, 0.15) is 0 Å². The SMILES string of the molecule is O=C(CCCn1cccn1)N1CCC(c2ccccc2Cl)C1. The van der Waals surface area contributed by atoms with E-state index in [1.54, 1.807) is 6.20 Å². The standard InChI is InChI=1S/C17H20ClN3O/c18-16-6-2-1-5-15(16)14-8-12-20(13-14)17(22)7-3-10-21-11-4-9-19-21/h1-2,4-6,9,11,14H,3,7-8,10,12-13H2. The summed E-state index contributed by atoms with van der Waals surface area (Å²) >= 11 is 6.26. The highest BCUT2D eigenvalue weighted by Gasteiger charge is 2.27. The number of carbonyl (C=O) groups excluding carboxylic acids is 1. The molecule has 1 amide bonds. The Morgan fingerprint density at radius 2 is 2.18 bits per heavy atom. The smallest absolute Gasteiger partial charge is 0.222 e. The maximum absolute atomic E-state index is 12.3. The van der Waals surface area contributed by atoms with Gasteiger partial charge in [0.05, 0.1) is 0 Å². The fourth-order valence-corrected chi connectivity index (χ4v) is 3.32. The number of carbonyl (C=O) groups is 1. The third kappa shape index (κ3) is 3.50. The Bertz CT molecular complexity index is 627. The molecule has 4 nitrogen and oxygen atoms in total. The molecule has 1 aliphatic heterocycles.